The van der Waals surface area contributed by atoms with Gasteiger partial charge in [-0.1, -0.05) is 5.16 Å². The zero-order valence-corrected chi connectivity index (χ0v) is 13.5. The number of hydrogen-bond donors (Lipinski definition) is 1. The third-order valence-electron chi connectivity index (χ3n) is 3.88. The lowest BCUT2D eigenvalue weighted by atomic mass is 10.1. The molecular formula is C17H18F2N2O4. The first-order valence-electron chi connectivity index (χ1n) is 7.95. The molecule has 8 heteroatoms. The summed E-state index contributed by atoms with van der Waals surface area (Å²) in [7, 11) is 0. The number of aromatic nitrogens is 1. The van der Waals surface area contributed by atoms with Crippen LogP contribution in [0.2, 0.25) is 0 Å². The van der Waals surface area contributed by atoms with Gasteiger partial charge >= 0.3 is 0 Å². The van der Waals surface area contributed by atoms with E-state index in [2.05, 4.69) is 10.5 Å². The quantitative estimate of drug-likeness (QED) is 0.829. The highest BCUT2D eigenvalue weighted by Gasteiger charge is 2.18. The van der Waals surface area contributed by atoms with Gasteiger partial charge in [-0.3, -0.25) is 4.79 Å². The molecule has 1 aromatic carbocycles. The summed E-state index contributed by atoms with van der Waals surface area (Å²) < 4.78 is 42.1. The molecule has 1 atom stereocenters. The number of carbonyl (C=O) groups excluding carboxylic acids is 1. The van der Waals surface area contributed by atoms with E-state index in [1.807, 2.05) is 0 Å². The fourth-order valence-electron chi connectivity index (χ4n) is 2.48. The van der Waals surface area contributed by atoms with E-state index >= 15 is 0 Å². The van der Waals surface area contributed by atoms with E-state index in [9.17, 15) is 13.6 Å². The number of benzene rings is 1. The van der Waals surface area contributed by atoms with Gasteiger partial charge < -0.3 is 19.3 Å². The van der Waals surface area contributed by atoms with Crippen LogP contribution in [0.4, 0.5) is 8.78 Å². The lowest BCUT2D eigenvalue weighted by Gasteiger charge is -2.07. The van der Waals surface area contributed by atoms with Crippen molar-refractivity contribution in [3.63, 3.8) is 0 Å². The van der Waals surface area contributed by atoms with Gasteiger partial charge in [0.05, 0.1) is 13.2 Å². The Kier molecular flexibility index (Phi) is 5.72. The Labute approximate surface area is 143 Å². The molecule has 1 fully saturated rings. The standard InChI is InChI=1S/C17H18F2N2O4/c18-13-1-2-15(19)12(5-13)9-24-10-14-6-16(21-25-14)17(22)20-7-11-3-4-23-8-11/h1-2,5-6,11H,3-4,7-10H2,(H,20,22). The molecule has 1 aliphatic heterocycles. The maximum Gasteiger partial charge on any atom is 0.273 e. The van der Waals surface area contributed by atoms with Crippen LogP contribution < -0.4 is 5.32 Å². The van der Waals surface area contributed by atoms with Gasteiger partial charge in [0, 0.05) is 30.7 Å². The van der Waals surface area contributed by atoms with Crippen molar-refractivity contribution in [1.82, 2.24) is 10.5 Å². The van der Waals surface area contributed by atoms with Crippen molar-refractivity contribution in [3.8, 4) is 0 Å². The van der Waals surface area contributed by atoms with Crippen molar-refractivity contribution in [2.45, 2.75) is 19.6 Å². The maximum atomic E-state index is 13.5. The lowest BCUT2D eigenvalue weighted by Crippen LogP contribution is -2.29. The lowest BCUT2D eigenvalue weighted by molar-refractivity contribution is 0.0857. The van der Waals surface area contributed by atoms with Crippen LogP contribution >= 0.6 is 0 Å². The number of nitrogens with zero attached hydrogens (tertiary/aromatic N) is 1. The molecule has 0 aliphatic carbocycles. The minimum atomic E-state index is -0.546. The summed E-state index contributed by atoms with van der Waals surface area (Å²) in [4.78, 5) is 12.0. The number of ether oxygens (including phenoxy) is 2. The predicted octanol–water partition coefficient (Wildman–Crippen LogP) is 2.44. The maximum absolute atomic E-state index is 13.5. The van der Waals surface area contributed by atoms with Crippen LogP contribution in [-0.4, -0.2) is 30.8 Å². The average molecular weight is 352 g/mol. The topological polar surface area (TPSA) is 73.6 Å². The van der Waals surface area contributed by atoms with Crippen LogP contribution in [0.5, 0.6) is 0 Å². The first-order chi connectivity index (χ1) is 12.1. The van der Waals surface area contributed by atoms with Gasteiger partial charge in [-0.15, -0.1) is 0 Å². The largest absolute Gasteiger partial charge is 0.381 e. The van der Waals surface area contributed by atoms with Crippen LogP contribution in [0.25, 0.3) is 0 Å². The van der Waals surface area contributed by atoms with Gasteiger partial charge in [0.1, 0.15) is 18.2 Å². The summed E-state index contributed by atoms with van der Waals surface area (Å²) in [6.07, 6.45) is 0.925. The molecule has 1 saturated heterocycles. The van der Waals surface area contributed by atoms with Crippen LogP contribution in [0.15, 0.2) is 28.8 Å². The number of rotatable bonds is 7. The second-order valence-corrected chi connectivity index (χ2v) is 5.85. The molecule has 2 heterocycles. The Hall–Kier alpha value is -2.32. The third-order valence-corrected chi connectivity index (χ3v) is 3.88. The normalized spacial score (nSPS) is 17.0. The first-order valence-corrected chi connectivity index (χ1v) is 7.95. The SMILES string of the molecule is O=C(NCC1CCOC1)c1cc(COCc2cc(F)ccc2F)on1. The Bertz CT molecular complexity index is 729. The summed E-state index contributed by atoms with van der Waals surface area (Å²) in [6, 6.07) is 4.61. The molecule has 1 aromatic heterocycles. The number of nitrogens with one attached hydrogen (secondary N) is 1. The highest BCUT2D eigenvalue weighted by atomic mass is 19.1. The van der Waals surface area contributed by atoms with Gasteiger partial charge in [0.25, 0.3) is 5.91 Å². The summed E-state index contributed by atoms with van der Waals surface area (Å²) in [6.45, 7) is 1.77. The van der Waals surface area contributed by atoms with Crippen molar-refractivity contribution in [1.29, 1.82) is 0 Å². The summed E-state index contributed by atoms with van der Waals surface area (Å²) in [5.41, 5.74) is 0.255. The van der Waals surface area contributed by atoms with Gasteiger partial charge in [-0.25, -0.2) is 8.78 Å². The molecule has 134 valence electrons. The van der Waals surface area contributed by atoms with Gasteiger partial charge in [0.15, 0.2) is 11.5 Å². The smallest absolute Gasteiger partial charge is 0.273 e. The number of halogens is 2. The first kappa shape index (κ1) is 17.5. The van der Waals surface area contributed by atoms with Crippen LogP contribution in [0.3, 0.4) is 0 Å². The van der Waals surface area contributed by atoms with Crippen molar-refractivity contribution < 1.29 is 27.6 Å². The number of amides is 1. The highest BCUT2D eigenvalue weighted by Crippen LogP contribution is 2.13. The molecule has 1 unspecified atom stereocenters. The fourth-order valence-corrected chi connectivity index (χ4v) is 2.48. The van der Waals surface area contributed by atoms with E-state index in [4.69, 9.17) is 14.0 Å². The van der Waals surface area contributed by atoms with E-state index in [1.54, 1.807) is 0 Å². The third kappa shape index (κ3) is 4.83. The minimum absolute atomic E-state index is 0.00724. The molecule has 0 spiro atoms. The Morgan fingerprint density at radius 2 is 2.20 bits per heavy atom. The molecule has 1 N–H and O–H groups in total. The Morgan fingerprint density at radius 3 is 3.00 bits per heavy atom. The summed E-state index contributed by atoms with van der Waals surface area (Å²) >= 11 is 0. The van der Waals surface area contributed by atoms with Crippen molar-refractivity contribution in [3.05, 3.63) is 52.9 Å². The summed E-state index contributed by atoms with van der Waals surface area (Å²) in [5, 5.41) is 6.46. The van der Waals surface area contributed by atoms with Crippen LogP contribution in [0.1, 0.15) is 28.2 Å². The molecule has 1 amide bonds. The monoisotopic (exact) mass is 352 g/mol. The van der Waals surface area contributed by atoms with E-state index < -0.39 is 11.6 Å². The number of carbonyl (C=O) groups is 1. The Morgan fingerprint density at radius 1 is 1.32 bits per heavy atom. The fraction of sp³-hybridized carbons (Fsp3) is 0.412. The van der Waals surface area contributed by atoms with E-state index in [0.717, 1.165) is 31.2 Å². The molecule has 3 rings (SSSR count). The van der Waals surface area contributed by atoms with Crippen molar-refractivity contribution in [2.24, 2.45) is 5.92 Å². The Balaban J connectivity index is 1.46. The molecule has 2 aromatic rings. The summed E-state index contributed by atoms with van der Waals surface area (Å²) in [5.74, 6) is -0.773. The highest BCUT2D eigenvalue weighted by molar-refractivity contribution is 5.92. The van der Waals surface area contributed by atoms with Crippen LogP contribution in [-0.2, 0) is 22.7 Å². The number of hydrogen-bond acceptors (Lipinski definition) is 5. The molecular weight excluding hydrogens is 334 g/mol. The van der Waals surface area contributed by atoms with Crippen LogP contribution in [0, 0.1) is 17.6 Å². The van der Waals surface area contributed by atoms with E-state index in [-0.39, 0.29) is 30.4 Å². The van der Waals surface area contributed by atoms with Gasteiger partial charge in [0.2, 0.25) is 0 Å². The molecule has 1 aliphatic rings. The minimum Gasteiger partial charge on any atom is -0.381 e. The molecule has 25 heavy (non-hydrogen) atoms. The second-order valence-electron chi connectivity index (χ2n) is 5.85. The zero-order chi connectivity index (χ0) is 17.6. The van der Waals surface area contributed by atoms with Gasteiger partial charge in [-0.05, 0) is 24.6 Å². The molecule has 0 saturated carbocycles. The van der Waals surface area contributed by atoms with Crippen molar-refractivity contribution >= 4 is 5.91 Å². The molecule has 6 nitrogen and oxygen atoms in total. The predicted molar refractivity (Wildman–Crippen MR) is 82.6 cm³/mol. The average Bonchev–Trinajstić information content (AvgIpc) is 3.27. The molecule has 0 bridgehead atoms. The van der Waals surface area contributed by atoms with Crippen molar-refractivity contribution in [2.75, 3.05) is 19.8 Å². The second kappa shape index (κ2) is 8.17. The zero-order valence-electron chi connectivity index (χ0n) is 13.5. The molecule has 0 radical (unpaired) electrons. The van der Waals surface area contributed by atoms with E-state index in [0.29, 0.717) is 24.8 Å². The van der Waals surface area contributed by atoms with Gasteiger partial charge in [-0.2, -0.15) is 0 Å². The van der Waals surface area contributed by atoms with E-state index in [1.165, 1.54) is 6.07 Å².